The lowest BCUT2D eigenvalue weighted by molar-refractivity contribution is 0.0398. The van der Waals surface area contributed by atoms with Crippen LogP contribution in [0.15, 0.2) is 18.2 Å². The molecule has 0 radical (unpaired) electrons. The second-order valence-electron chi connectivity index (χ2n) is 4.77. The van der Waals surface area contributed by atoms with E-state index in [1.54, 1.807) is 7.11 Å². The fourth-order valence-electron chi connectivity index (χ4n) is 2.29. The zero-order valence-corrected chi connectivity index (χ0v) is 11.9. The smallest absolute Gasteiger partial charge is 0.141 e. The van der Waals surface area contributed by atoms with Gasteiger partial charge in [-0.3, -0.25) is 4.90 Å². The molecule has 19 heavy (non-hydrogen) atoms. The van der Waals surface area contributed by atoms with Crippen LogP contribution in [-0.4, -0.2) is 51.4 Å². The topological polar surface area (TPSA) is 33.7 Å². The van der Waals surface area contributed by atoms with Gasteiger partial charge >= 0.3 is 0 Å². The van der Waals surface area contributed by atoms with Crippen LogP contribution in [0.3, 0.4) is 0 Å². The Labute approximate surface area is 115 Å². The Balaban J connectivity index is 1.86. The van der Waals surface area contributed by atoms with Gasteiger partial charge in [0.15, 0.2) is 0 Å². The molecule has 106 valence electrons. The van der Waals surface area contributed by atoms with Crippen molar-refractivity contribution >= 4 is 5.69 Å². The van der Waals surface area contributed by atoms with E-state index >= 15 is 0 Å². The quantitative estimate of drug-likeness (QED) is 0.852. The molecule has 1 aromatic carbocycles. The highest BCUT2D eigenvalue weighted by molar-refractivity contribution is 5.58. The van der Waals surface area contributed by atoms with Crippen LogP contribution in [0.2, 0.25) is 0 Å². The number of aryl methyl sites for hydroxylation is 1. The van der Waals surface area contributed by atoms with Crippen molar-refractivity contribution in [2.24, 2.45) is 0 Å². The highest BCUT2D eigenvalue weighted by Gasteiger charge is 2.10. The van der Waals surface area contributed by atoms with Gasteiger partial charge in [-0.05, 0) is 24.1 Å². The highest BCUT2D eigenvalue weighted by atomic mass is 16.5. The predicted molar refractivity (Wildman–Crippen MR) is 78.1 cm³/mol. The van der Waals surface area contributed by atoms with E-state index in [0.717, 1.165) is 57.3 Å². The minimum atomic E-state index is 0.856. The third-order valence-corrected chi connectivity index (χ3v) is 3.52. The molecule has 0 atom stereocenters. The maximum atomic E-state index is 5.39. The van der Waals surface area contributed by atoms with Gasteiger partial charge in [0.05, 0.1) is 26.0 Å². The average molecular weight is 264 g/mol. The van der Waals surface area contributed by atoms with Crippen molar-refractivity contribution in [1.29, 1.82) is 0 Å². The summed E-state index contributed by atoms with van der Waals surface area (Å²) in [6, 6.07) is 6.33. The molecule has 1 fully saturated rings. The molecule has 1 aliphatic heterocycles. The lowest BCUT2D eigenvalue weighted by Gasteiger charge is -2.26. The number of ether oxygens (including phenoxy) is 2. The van der Waals surface area contributed by atoms with Gasteiger partial charge in [0.2, 0.25) is 0 Å². The number of benzene rings is 1. The van der Waals surface area contributed by atoms with Gasteiger partial charge in [-0.25, -0.2) is 0 Å². The first kappa shape index (κ1) is 14.2. The van der Waals surface area contributed by atoms with E-state index in [1.807, 2.05) is 6.07 Å². The second kappa shape index (κ2) is 7.36. The Hall–Kier alpha value is -1.26. The van der Waals surface area contributed by atoms with E-state index in [9.17, 15) is 0 Å². The number of hydrogen-bond donors (Lipinski definition) is 1. The molecule has 4 heteroatoms. The summed E-state index contributed by atoms with van der Waals surface area (Å²) in [4.78, 5) is 2.42. The first-order chi connectivity index (χ1) is 9.33. The van der Waals surface area contributed by atoms with Gasteiger partial charge in [-0.1, -0.05) is 13.0 Å². The van der Waals surface area contributed by atoms with Gasteiger partial charge in [0.25, 0.3) is 0 Å². The third kappa shape index (κ3) is 4.11. The fourth-order valence-corrected chi connectivity index (χ4v) is 2.29. The summed E-state index contributed by atoms with van der Waals surface area (Å²) >= 11 is 0. The molecule has 1 N–H and O–H groups in total. The van der Waals surface area contributed by atoms with E-state index in [2.05, 4.69) is 29.3 Å². The van der Waals surface area contributed by atoms with Crippen molar-refractivity contribution in [2.45, 2.75) is 13.3 Å². The molecule has 2 rings (SSSR count). The molecule has 4 nitrogen and oxygen atoms in total. The maximum absolute atomic E-state index is 5.39. The number of nitrogens with one attached hydrogen (secondary N) is 1. The van der Waals surface area contributed by atoms with E-state index in [4.69, 9.17) is 9.47 Å². The van der Waals surface area contributed by atoms with Gasteiger partial charge in [0.1, 0.15) is 5.75 Å². The van der Waals surface area contributed by atoms with Crippen molar-refractivity contribution in [1.82, 2.24) is 4.90 Å². The summed E-state index contributed by atoms with van der Waals surface area (Å²) < 4.78 is 10.7. The molecule has 0 bridgehead atoms. The number of anilines is 1. The number of hydrogen-bond acceptors (Lipinski definition) is 4. The monoisotopic (exact) mass is 264 g/mol. The Bertz CT molecular complexity index is 390. The van der Waals surface area contributed by atoms with E-state index < -0.39 is 0 Å². The summed E-state index contributed by atoms with van der Waals surface area (Å²) in [6.07, 6.45) is 1.04. The summed E-state index contributed by atoms with van der Waals surface area (Å²) in [6.45, 7) is 7.93. The van der Waals surface area contributed by atoms with Crippen molar-refractivity contribution in [3.8, 4) is 5.75 Å². The molecule has 0 aliphatic carbocycles. The summed E-state index contributed by atoms with van der Waals surface area (Å²) in [5.74, 6) is 0.916. The normalized spacial score (nSPS) is 16.3. The number of methoxy groups -OCH3 is 1. The van der Waals surface area contributed by atoms with E-state index in [0.29, 0.717) is 0 Å². The minimum absolute atomic E-state index is 0.856. The van der Waals surface area contributed by atoms with E-state index in [-0.39, 0.29) is 0 Å². The zero-order valence-electron chi connectivity index (χ0n) is 11.9. The van der Waals surface area contributed by atoms with Gasteiger partial charge in [-0.15, -0.1) is 0 Å². The van der Waals surface area contributed by atoms with Crippen LogP contribution in [0.1, 0.15) is 12.5 Å². The van der Waals surface area contributed by atoms with E-state index in [1.165, 1.54) is 5.56 Å². The first-order valence-electron chi connectivity index (χ1n) is 7.04. The van der Waals surface area contributed by atoms with Crippen LogP contribution < -0.4 is 10.1 Å². The first-order valence-corrected chi connectivity index (χ1v) is 7.04. The SMILES string of the molecule is CCc1ccc(OC)c(NCCN2CCOCC2)c1. The Kier molecular flexibility index (Phi) is 5.48. The molecule has 1 aromatic rings. The number of rotatable bonds is 6. The Morgan fingerprint density at radius 1 is 1.32 bits per heavy atom. The molecule has 0 saturated carbocycles. The molecular formula is C15H24N2O2. The van der Waals surface area contributed by atoms with Crippen molar-refractivity contribution in [3.63, 3.8) is 0 Å². The molecule has 0 aromatic heterocycles. The van der Waals surface area contributed by atoms with Gasteiger partial charge in [0, 0.05) is 26.2 Å². The molecular weight excluding hydrogens is 240 g/mol. The number of morpholine rings is 1. The van der Waals surface area contributed by atoms with Crippen LogP contribution >= 0.6 is 0 Å². The van der Waals surface area contributed by atoms with Crippen molar-refractivity contribution < 1.29 is 9.47 Å². The fraction of sp³-hybridized carbons (Fsp3) is 0.600. The largest absolute Gasteiger partial charge is 0.495 e. The van der Waals surface area contributed by atoms with Crippen LogP contribution in [0.4, 0.5) is 5.69 Å². The average Bonchev–Trinajstić information content (AvgIpc) is 2.48. The maximum Gasteiger partial charge on any atom is 0.141 e. The standard InChI is InChI=1S/C15H24N2O2/c1-3-13-4-5-15(18-2)14(12-13)16-6-7-17-8-10-19-11-9-17/h4-5,12,16H,3,6-11H2,1-2H3. The van der Waals surface area contributed by atoms with Crippen LogP contribution in [0.25, 0.3) is 0 Å². The Morgan fingerprint density at radius 2 is 2.11 bits per heavy atom. The summed E-state index contributed by atoms with van der Waals surface area (Å²) in [5, 5.41) is 3.48. The lowest BCUT2D eigenvalue weighted by atomic mass is 10.1. The Morgan fingerprint density at radius 3 is 2.79 bits per heavy atom. The second-order valence-corrected chi connectivity index (χ2v) is 4.77. The molecule has 1 saturated heterocycles. The molecule has 0 amide bonds. The van der Waals surface area contributed by atoms with Crippen molar-refractivity contribution in [2.75, 3.05) is 51.8 Å². The van der Waals surface area contributed by atoms with Gasteiger partial charge < -0.3 is 14.8 Å². The van der Waals surface area contributed by atoms with Crippen LogP contribution in [0, 0.1) is 0 Å². The lowest BCUT2D eigenvalue weighted by Crippen LogP contribution is -2.39. The molecule has 0 unspecified atom stereocenters. The summed E-state index contributed by atoms with van der Waals surface area (Å²) in [7, 11) is 1.72. The highest BCUT2D eigenvalue weighted by Crippen LogP contribution is 2.25. The molecule has 0 spiro atoms. The number of nitrogens with zero attached hydrogens (tertiary/aromatic N) is 1. The van der Waals surface area contributed by atoms with Crippen LogP contribution in [-0.2, 0) is 11.2 Å². The third-order valence-electron chi connectivity index (χ3n) is 3.52. The molecule has 1 aliphatic rings. The summed E-state index contributed by atoms with van der Waals surface area (Å²) in [5.41, 5.74) is 2.42. The molecule has 1 heterocycles. The van der Waals surface area contributed by atoms with Crippen LogP contribution in [0.5, 0.6) is 5.75 Å². The van der Waals surface area contributed by atoms with Gasteiger partial charge in [-0.2, -0.15) is 0 Å². The predicted octanol–water partition coefficient (Wildman–Crippen LogP) is 2.00. The van der Waals surface area contributed by atoms with Crippen molar-refractivity contribution in [3.05, 3.63) is 23.8 Å². The minimum Gasteiger partial charge on any atom is -0.495 e. The zero-order chi connectivity index (χ0) is 13.5.